The molecule has 0 aliphatic carbocycles. The molecule has 2 atom stereocenters. The highest BCUT2D eigenvalue weighted by Crippen LogP contribution is 2.22. The van der Waals surface area contributed by atoms with Gasteiger partial charge < -0.3 is 5.32 Å². The molecule has 2 heteroatoms. The van der Waals surface area contributed by atoms with Crippen LogP contribution in [0.25, 0.3) is 0 Å². The fourth-order valence-corrected chi connectivity index (χ4v) is 2.65. The molecule has 13 heavy (non-hydrogen) atoms. The van der Waals surface area contributed by atoms with Crippen molar-refractivity contribution in [2.24, 2.45) is 11.8 Å². The molecule has 2 aliphatic heterocycles. The Morgan fingerprint density at radius 1 is 1.08 bits per heavy atom. The van der Waals surface area contributed by atoms with Gasteiger partial charge in [-0.15, -0.1) is 0 Å². The molecule has 2 heterocycles. The minimum absolute atomic E-state index is 0.826. The molecular weight excluding hydrogens is 160 g/mol. The first-order valence-electron chi connectivity index (χ1n) is 5.72. The summed E-state index contributed by atoms with van der Waals surface area (Å²) in [6.45, 7) is 9.86. The van der Waals surface area contributed by atoms with E-state index in [0.29, 0.717) is 0 Å². The quantitative estimate of drug-likeness (QED) is 0.658. The van der Waals surface area contributed by atoms with Crippen LogP contribution in [0, 0.1) is 11.8 Å². The Hall–Kier alpha value is -0.0800. The van der Waals surface area contributed by atoms with Gasteiger partial charge in [0.2, 0.25) is 0 Å². The van der Waals surface area contributed by atoms with E-state index in [0.717, 1.165) is 17.9 Å². The van der Waals surface area contributed by atoms with Gasteiger partial charge in [0.15, 0.2) is 0 Å². The Bertz CT molecular complexity index is 161. The minimum atomic E-state index is 0.826. The molecule has 76 valence electrons. The second kappa shape index (κ2) is 3.97. The highest BCUT2D eigenvalue weighted by Gasteiger charge is 2.30. The second-order valence-corrected chi connectivity index (χ2v) is 4.92. The van der Waals surface area contributed by atoms with E-state index >= 15 is 0 Å². The molecule has 0 saturated carbocycles. The fraction of sp³-hybridized carbons (Fsp3) is 1.00. The molecular formula is C11H22N2. The summed E-state index contributed by atoms with van der Waals surface area (Å²) >= 11 is 0. The van der Waals surface area contributed by atoms with E-state index in [4.69, 9.17) is 0 Å². The van der Waals surface area contributed by atoms with Crippen molar-refractivity contribution < 1.29 is 0 Å². The number of hydrogen-bond acceptors (Lipinski definition) is 2. The van der Waals surface area contributed by atoms with Gasteiger partial charge in [0, 0.05) is 12.6 Å². The SMILES string of the molecule is CC1CCN(C2CNCC2C)CC1. The highest BCUT2D eigenvalue weighted by molar-refractivity contribution is 4.87. The lowest BCUT2D eigenvalue weighted by Crippen LogP contribution is -2.44. The number of nitrogens with zero attached hydrogens (tertiary/aromatic N) is 1. The third kappa shape index (κ3) is 2.05. The molecule has 2 rings (SSSR count). The molecule has 2 unspecified atom stereocenters. The van der Waals surface area contributed by atoms with Crippen molar-refractivity contribution in [1.82, 2.24) is 10.2 Å². The second-order valence-electron chi connectivity index (χ2n) is 4.92. The first-order valence-corrected chi connectivity index (χ1v) is 5.72. The summed E-state index contributed by atoms with van der Waals surface area (Å²) in [7, 11) is 0. The number of hydrogen-bond donors (Lipinski definition) is 1. The van der Waals surface area contributed by atoms with Gasteiger partial charge in [0.25, 0.3) is 0 Å². The Kier molecular flexibility index (Phi) is 2.89. The molecule has 2 saturated heterocycles. The molecule has 0 aromatic rings. The topological polar surface area (TPSA) is 15.3 Å². The summed E-state index contributed by atoms with van der Waals surface area (Å²) in [5.74, 6) is 1.81. The average molecular weight is 182 g/mol. The van der Waals surface area contributed by atoms with E-state index in [-0.39, 0.29) is 0 Å². The van der Waals surface area contributed by atoms with Gasteiger partial charge in [-0.05, 0) is 44.3 Å². The first kappa shape index (κ1) is 9.47. The van der Waals surface area contributed by atoms with Gasteiger partial charge in [0.05, 0.1) is 0 Å². The third-order valence-corrected chi connectivity index (χ3v) is 3.76. The predicted octanol–water partition coefficient (Wildman–Crippen LogP) is 1.33. The van der Waals surface area contributed by atoms with Crippen LogP contribution in [0.1, 0.15) is 26.7 Å². The van der Waals surface area contributed by atoms with E-state index < -0.39 is 0 Å². The molecule has 0 spiro atoms. The summed E-state index contributed by atoms with van der Waals surface area (Å²) in [5.41, 5.74) is 0. The molecule has 2 fully saturated rings. The van der Waals surface area contributed by atoms with Crippen molar-refractivity contribution in [3.63, 3.8) is 0 Å². The number of piperidine rings is 1. The lowest BCUT2D eigenvalue weighted by Gasteiger charge is -2.36. The van der Waals surface area contributed by atoms with Gasteiger partial charge in [0.1, 0.15) is 0 Å². The van der Waals surface area contributed by atoms with E-state index in [2.05, 4.69) is 24.1 Å². The molecule has 0 bridgehead atoms. The van der Waals surface area contributed by atoms with Crippen LogP contribution in [0.15, 0.2) is 0 Å². The molecule has 2 aliphatic rings. The van der Waals surface area contributed by atoms with Gasteiger partial charge in [-0.3, -0.25) is 4.90 Å². The average Bonchev–Trinajstić information content (AvgIpc) is 2.53. The summed E-state index contributed by atoms with van der Waals surface area (Å²) in [6.07, 6.45) is 2.81. The van der Waals surface area contributed by atoms with E-state index in [1.807, 2.05) is 0 Å². The maximum Gasteiger partial charge on any atom is 0.0258 e. The van der Waals surface area contributed by atoms with Gasteiger partial charge in [-0.25, -0.2) is 0 Å². The van der Waals surface area contributed by atoms with Crippen LogP contribution in [-0.2, 0) is 0 Å². The van der Waals surface area contributed by atoms with E-state index in [1.165, 1.54) is 39.0 Å². The normalized spacial score (nSPS) is 38.3. The van der Waals surface area contributed by atoms with Crippen LogP contribution in [0.5, 0.6) is 0 Å². The van der Waals surface area contributed by atoms with Crippen LogP contribution in [0.2, 0.25) is 0 Å². The Labute approximate surface area is 81.7 Å². The number of rotatable bonds is 1. The van der Waals surface area contributed by atoms with Crippen molar-refractivity contribution in [1.29, 1.82) is 0 Å². The molecule has 2 nitrogen and oxygen atoms in total. The van der Waals surface area contributed by atoms with Crippen molar-refractivity contribution >= 4 is 0 Å². The molecule has 0 aromatic carbocycles. The smallest absolute Gasteiger partial charge is 0.0258 e. The number of likely N-dealkylation sites (tertiary alicyclic amines) is 1. The molecule has 0 amide bonds. The zero-order valence-corrected chi connectivity index (χ0v) is 8.92. The largest absolute Gasteiger partial charge is 0.315 e. The summed E-state index contributed by atoms with van der Waals surface area (Å²) in [4.78, 5) is 2.70. The number of nitrogens with one attached hydrogen (secondary N) is 1. The zero-order valence-electron chi connectivity index (χ0n) is 8.92. The van der Waals surface area contributed by atoms with Crippen LogP contribution >= 0.6 is 0 Å². The standard InChI is InChI=1S/C11H22N2/c1-9-3-5-13(6-4-9)11-8-12-7-10(11)2/h9-12H,3-8H2,1-2H3. The Morgan fingerprint density at radius 2 is 1.77 bits per heavy atom. The van der Waals surface area contributed by atoms with Crippen LogP contribution in [0.3, 0.4) is 0 Å². The van der Waals surface area contributed by atoms with Crippen molar-refractivity contribution in [2.45, 2.75) is 32.7 Å². The Morgan fingerprint density at radius 3 is 2.31 bits per heavy atom. The third-order valence-electron chi connectivity index (χ3n) is 3.76. The fourth-order valence-electron chi connectivity index (χ4n) is 2.65. The molecule has 0 aromatic heterocycles. The van der Waals surface area contributed by atoms with Crippen LogP contribution in [-0.4, -0.2) is 37.1 Å². The Balaban J connectivity index is 1.86. The predicted molar refractivity (Wildman–Crippen MR) is 55.8 cm³/mol. The molecule has 1 N–H and O–H groups in total. The first-order chi connectivity index (χ1) is 6.27. The monoisotopic (exact) mass is 182 g/mol. The summed E-state index contributed by atoms with van der Waals surface area (Å²) < 4.78 is 0. The van der Waals surface area contributed by atoms with Gasteiger partial charge in [-0.2, -0.15) is 0 Å². The van der Waals surface area contributed by atoms with Crippen LogP contribution in [0.4, 0.5) is 0 Å². The summed E-state index contributed by atoms with van der Waals surface area (Å²) in [5, 5.41) is 3.49. The van der Waals surface area contributed by atoms with Crippen molar-refractivity contribution in [2.75, 3.05) is 26.2 Å². The van der Waals surface area contributed by atoms with E-state index in [9.17, 15) is 0 Å². The summed E-state index contributed by atoms with van der Waals surface area (Å²) in [6, 6.07) is 0.826. The van der Waals surface area contributed by atoms with Crippen LogP contribution < -0.4 is 5.32 Å². The van der Waals surface area contributed by atoms with Crippen molar-refractivity contribution in [3.05, 3.63) is 0 Å². The maximum absolute atomic E-state index is 3.49. The van der Waals surface area contributed by atoms with E-state index in [1.54, 1.807) is 0 Å². The lowest BCUT2D eigenvalue weighted by atomic mass is 9.95. The zero-order chi connectivity index (χ0) is 9.26. The molecule has 0 radical (unpaired) electrons. The minimum Gasteiger partial charge on any atom is -0.315 e. The van der Waals surface area contributed by atoms with Crippen molar-refractivity contribution in [3.8, 4) is 0 Å². The highest BCUT2D eigenvalue weighted by atomic mass is 15.2. The maximum atomic E-state index is 3.49. The van der Waals surface area contributed by atoms with Gasteiger partial charge in [-0.1, -0.05) is 13.8 Å². The van der Waals surface area contributed by atoms with Gasteiger partial charge >= 0.3 is 0 Å². The lowest BCUT2D eigenvalue weighted by molar-refractivity contribution is 0.126.